The van der Waals surface area contributed by atoms with Crippen LogP contribution in [-0.4, -0.2) is 33.0 Å². The van der Waals surface area contributed by atoms with Gasteiger partial charge in [-0.3, -0.25) is 14.5 Å². The first-order chi connectivity index (χ1) is 17.3. The summed E-state index contributed by atoms with van der Waals surface area (Å²) in [7, 11) is 0. The van der Waals surface area contributed by atoms with E-state index in [2.05, 4.69) is 10.1 Å². The van der Waals surface area contributed by atoms with Crippen LogP contribution in [0.25, 0.3) is 11.4 Å². The number of ether oxygens (including phenoxy) is 1. The molecule has 0 spiro atoms. The molecule has 1 aliphatic carbocycles. The van der Waals surface area contributed by atoms with E-state index in [0.717, 1.165) is 31.2 Å². The summed E-state index contributed by atoms with van der Waals surface area (Å²) in [6, 6.07) is 13.7. The van der Waals surface area contributed by atoms with Gasteiger partial charge in [0.05, 0.1) is 17.7 Å². The molecule has 5 rings (SSSR count). The lowest BCUT2D eigenvalue weighted by Gasteiger charge is -2.29. The number of aliphatic hydroxyl groups excluding tert-OH is 1. The standard InChI is InChI=1S/C28H29N3O5/c1-16(2)25(32)23-24(21-10-6-7-11-22(21)35-20-8-4-5-9-20)31(28(34)26(23)33)19-14-12-18(13-15-19)27-29-17(3)36-30-27/h6-7,10-16,20,24,33H,4-5,8-9H2,1-3H3. The number of Topliss-reactive ketones (excluding diaryl/α,β-unsaturated/α-hetero) is 1. The second-order valence-electron chi connectivity index (χ2n) is 9.60. The average molecular weight is 488 g/mol. The van der Waals surface area contributed by atoms with Crippen molar-refractivity contribution >= 4 is 17.4 Å². The fourth-order valence-corrected chi connectivity index (χ4v) is 4.92. The van der Waals surface area contributed by atoms with Crippen molar-refractivity contribution in [2.24, 2.45) is 5.92 Å². The van der Waals surface area contributed by atoms with E-state index in [9.17, 15) is 14.7 Å². The van der Waals surface area contributed by atoms with E-state index in [1.165, 1.54) is 4.90 Å². The van der Waals surface area contributed by atoms with Gasteiger partial charge in [0.1, 0.15) is 5.75 Å². The Morgan fingerprint density at radius 3 is 2.44 bits per heavy atom. The molecule has 1 fully saturated rings. The van der Waals surface area contributed by atoms with Crippen LogP contribution in [0.5, 0.6) is 5.75 Å². The van der Waals surface area contributed by atoms with Gasteiger partial charge >= 0.3 is 0 Å². The Hall–Kier alpha value is -3.94. The van der Waals surface area contributed by atoms with Crippen LogP contribution >= 0.6 is 0 Å². The number of nitrogens with zero attached hydrogens (tertiary/aromatic N) is 3. The van der Waals surface area contributed by atoms with Crippen LogP contribution in [0.2, 0.25) is 0 Å². The number of carbonyl (C=O) groups is 2. The van der Waals surface area contributed by atoms with Crippen molar-refractivity contribution in [3.63, 3.8) is 0 Å². The van der Waals surface area contributed by atoms with E-state index in [0.29, 0.717) is 28.7 Å². The molecule has 0 saturated heterocycles. The third-order valence-corrected chi connectivity index (χ3v) is 6.74. The van der Waals surface area contributed by atoms with E-state index in [4.69, 9.17) is 9.26 Å². The van der Waals surface area contributed by atoms with Gasteiger partial charge in [-0.15, -0.1) is 0 Å². The molecule has 3 aromatic rings. The molecule has 1 amide bonds. The second kappa shape index (κ2) is 9.60. The minimum absolute atomic E-state index is 0.0929. The Morgan fingerprint density at radius 1 is 1.11 bits per heavy atom. The molecule has 1 aliphatic heterocycles. The molecule has 186 valence electrons. The van der Waals surface area contributed by atoms with Gasteiger partial charge < -0.3 is 14.4 Å². The first-order valence-electron chi connectivity index (χ1n) is 12.3. The van der Waals surface area contributed by atoms with Gasteiger partial charge in [-0.05, 0) is 56.0 Å². The van der Waals surface area contributed by atoms with E-state index in [1.807, 2.05) is 24.3 Å². The van der Waals surface area contributed by atoms with Crippen molar-refractivity contribution in [3.05, 3.63) is 71.3 Å². The highest BCUT2D eigenvalue weighted by atomic mass is 16.5. The third kappa shape index (κ3) is 4.27. The quantitative estimate of drug-likeness (QED) is 0.470. The highest BCUT2D eigenvalue weighted by Crippen LogP contribution is 2.45. The van der Waals surface area contributed by atoms with E-state index >= 15 is 0 Å². The zero-order valence-corrected chi connectivity index (χ0v) is 20.6. The number of carbonyl (C=O) groups excluding carboxylic acids is 2. The maximum atomic E-state index is 13.4. The number of anilines is 1. The summed E-state index contributed by atoms with van der Waals surface area (Å²) >= 11 is 0. The van der Waals surface area contributed by atoms with Gasteiger partial charge in [0, 0.05) is 29.7 Å². The number of ketones is 1. The van der Waals surface area contributed by atoms with E-state index in [-0.39, 0.29) is 17.5 Å². The molecule has 36 heavy (non-hydrogen) atoms. The van der Waals surface area contributed by atoms with Gasteiger partial charge in [-0.2, -0.15) is 4.98 Å². The molecule has 1 unspecified atom stereocenters. The molecule has 8 nitrogen and oxygen atoms in total. The van der Waals surface area contributed by atoms with Crippen molar-refractivity contribution in [1.29, 1.82) is 0 Å². The number of amides is 1. The molecule has 0 radical (unpaired) electrons. The zero-order valence-electron chi connectivity index (χ0n) is 20.6. The minimum Gasteiger partial charge on any atom is -0.503 e. The van der Waals surface area contributed by atoms with Crippen LogP contribution in [0.15, 0.2) is 64.4 Å². The van der Waals surface area contributed by atoms with E-state index in [1.54, 1.807) is 45.0 Å². The molecule has 2 aliphatic rings. The lowest BCUT2D eigenvalue weighted by atomic mass is 9.90. The van der Waals surface area contributed by atoms with Gasteiger partial charge in [-0.1, -0.05) is 37.2 Å². The molecule has 1 saturated carbocycles. The molecule has 2 heterocycles. The van der Waals surface area contributed by atoms with Gasteiger partial charge in [0.25, 0.3) is 5.91 Å². The molecular weight excluding hydrogens is 458 g/mol. The number of rotatable bonds is 7. The topological polar surface area (TPSA) is 106 Å². The largest absolute Gasteiger partial charge is 0.503 e. The van der Waals surface area contributed by atoms with E-state index < -0.39 is 23.6 Å². The average Bonchev–Trinajstić information content (AvgIpc) is 3.60. The third-order valence-electron chi connectivity index (χ3n) is 6.74. The summed E-state index contributed by atoms with van der Waals surface area (Å²) in [6.07, 6.45) is 4.27. The van der Waals surface area contributed by atoms with Crippen LogP contribution in [0.1, 0.15) is 57.0 Å². The van der Waals surface area contributed by atoms with Crippen molar-refractivity contribution < 1.29 is 24.0 Å². The Balaban J connectivity index is 1.58. The normalized spacial score (nSPS) is 18.5. The Morgan fingerprint density at radius 2 is 1.81 bits per heavy atom. The van der Waals surface area contributed by atoms with Crippen molar-refractivity contribution in [2.75, 3.05) is 4.90 Å². The van der Waals surface area contributed by atoms with Crippen LogP contribution in [0.4, 0.5) is 5.69 Å². The summed E-state index contributed by atoms with van der Waals surface area (Å²) in [5.74, 6) is -0.305. The first kappa shape index (κ1) is 23.8. The first-order valence-corrected chi connectivity index (χ1v) is 12.3. The minimum atomic E-state index is -0.816. The van der Waals surface area contributed by atoms with Gasteiger partial charge in [0.15, 0.2) is 11.5 Å². The number of aliphatic hydroxyl groups is 1. The van der Waals surface area contributed by atoms with Crippen LogP contribution in [0.3, 0.4) is 0 Å². The van der Waals surface area contributed by atoms with Crippen LogP contribution < -0.4 is 9.64 Å². The Kier molecular flexibility index (Phi) is 6.35. The highest BCUT2D eigenvalue weighted by molar-refractivity contribution is 6.17. The van der Waals surface area contributed by atoms with Crippen molar-refractivity contribution in [3.8, 4) is 17.1 Å². The lowest BCUT2D eigenvalue weighted by molar-refractivity contribution is -0.119. The number of hydrogen-bond acceptors (Lipinski definition) is 7. The van der Waals surface area contributed by atoms with Crippen molar-refractivity contribution in [1.82, 2.24) is 10.1 Å². The predicted molar refractivity (Wildman–Crippen MR) is 134 cm³/mol. The smallest absolute Gasteiger partial charge is 0.294 e. The lowest BCUT2D eigenvalue weighted by Crippen LogP contribution is -2.32. The number of aromatic nitrogens is 2. The predicted octanol–water partition coefficient (Wildman–Crippen LogP) is 5.49. The molecule has 8 heteroatoms. The maximum absolute atomic E-state index is 13.4. The van der Waals surface area contributed by atoms with Crippen LogP contribution in [-0.2, 0) is 9.59 Å². The Bertz CT molecular complexity index is 1320. The summed E-state index contributed by atoms with van der Waals surface area (Å²) in [5, 5.41) is 14.9. The monoisotopic (exact) mass is 487 g/mol. The summed E-state index contributed by atoms with van der Waals surface area (Å²) < 4.78 is 11.4. The van der Waals surface area contributed by atoms with Gasteiger partial charge in [0.2, 0.25) is 11.7 Å². The summed E-state index contributed by atoms with van der Waals surface area (Å²) in [6.45, 7) is 5.23. The van der Waals surface area contributed by atoms with Gasteiger partial charge in [-0.25, -0.2) is 0 Å². The molecule has 0 bridgehead atoms. The number of benzene rings is 2. The zero-order chi connectivity index (χ0) is 25.4. The number of para-hydroxylation sites is 1. The molecule has 1 aromatic heterocycles. The number of aryl methyl sites for hydroxylation is 1. The fraction of sp³-hybridized carbons (Fsp3) is 0.357. The number of hydrogen-bond donors (Lipinski definition) is 1. The molecule has 1 N–H and O–H groups in total. The second-order valence-corrected chi connectivity index (χ2v) is 9.60. The summed E-state index contributed by atoms with van der Waals surface area (Å²) in [4.78, 5) is 32.4. The fourth-order valence-electron chi connectivity index (χ4n) is 4.92. The molecule has 2 aromatic carbocycles. The maximum Gasteiger partial charge on any atom is 0.294 e. The molecular formula is C28H29N3O5. The van der Waals surface area contributed by atoms with Crippen LogP contribution in [0, 0.1) is 12.8 Å². The molecule has 1 atom stereocenters. The van der Waals surface area contributed by atoms with Crippen molar-refractivity contribution in [2.45, 2.75) is 58.6 Å². The highest BCUT2D eigenvalue weighted by Gasteiger charge is 2.46. The SMILES string of the molecule is Cc1nc(-c2ccc(N3C(=O)C(O)=C(C(=O)C(C)C)C3c3ccccc3OC3CCCC3)cc2)no1. The Labute approximate surface area is 209 Å². The summed E-state index contributed by atoms with van der Waals surface area (Å²) in [5.41, 5.74) is 2.01.